The van der Waals surface area contributed by atoms with Crippen molar-refractivity contribution in [3.05, 3.63) is 66.2 Å². The molecule has 1 aromatic heterocycles. The van der Waals surface area contributed by atoms with Crippen molar-refractivity contribution in [2.75, 3.05) is 18.5 Å². The molecular weight excluding hydrogens is 534 g/mol. The molecule has 3 fully saturated rings. The van der Waals surface area contributed by atoms with Crippen molar-refractivity contribution in [3.63, 3.8) is 0 Å². The van der Waals surface area contributed by atoms with E-state index >= 15 is 0 Å². The number of carbonyl (C=O) groups excluding carboxylic acids is 2. The van der Waals surface area contributed by atoms with E-state index in [2.05, 4.69) is 20.8 Å². The lowest BCUT2D eigenvalue weighted by Crippen LogP contribution is -2.50. The van der Waals surface area contributed by atoms with Gasteiger partial charge in [-0.3, -0.25) is 4.79 Å². The summed E-state index contributed by atoms with van der Waals surface area (Å²) >= 11 is 0. The van der Waals surface area contributed by atoms with Crippen LogP contribution in [0.25, 0.3) is 22.4 Å². The number of ether oxygens (including phenoxy) is 1. The number of cyclic esters (lactones) is 1. The van der Waals surface area contributed by atoms with Gasteiger partial charge < -0.3 is 25.4 Å². The molecule has 3 aliphatic rings. The van der Waals surface area contributed by atoms with Gasteiger partial charge in [0.1, 0.15) is 12.3 Å². The fraction of sp³-hybridized carbons (Fsp3) is 0.406. The van der Waals surface area contributed by atoms with E-state index in [0.29, 0.717) is 31.1 Å². The Balaban J connectivity index is 1.16. The topological polar surface area (TPSA) is 134 Å². The summed E-state index contributed by atoms with van der Waals surface area (Å²) in [5.74, 6) is 0.557. The first-order valence-corrected chi connectivity index (χ1v) is 14.7. The SMILES string of the molecule is O=C(O)NC1(c2ccc(-c3nnc(NC(=O)C[C@H]4CC[C@H](N5CCOC5=O)CC4)cc3-c3ccccc3)cc2)CCC1. The molecule has 0 spiro atoms. The molecule has 218 valence electrons. The van der Waals surface area contributed by atoms with Crippen molar-refractivity contribution in [2.45, 2.75) is 62.9 Å². The third-order valence-corrected chi connectivity index (χ3v) is 8.93. The van der Waals surface area contributed by atoms with Gasteiger partial charge in [0.25, 0.3) is 0 Å². The van der Waals surface area contributed by atoms with E-state index in [-0.39, 0.29) is 24.0 Å². The molecule has 0 radical (unpaired) electrons. The number of anilines is 1. The number of nitrogens with one attached hydrogen (secondary N) is 2. The third-order valence-electron chi connectivity index (χ3n) is 8.93. The predicted octanol–water partition coefficient (Wildman–Crippen LogP) is 5.80. The molecule has 2 heterocycles. The molecule has 3 amide bonds. The Hall–Kier alpha value is -4.47. The standard InChI is InChI=1S/C32H35N5O5/c38-28(19-21-7-13-25(14-8-21)37-17-18-42-31(37)41)33-27-20-26(22-5-2-1-3-6-22)29(36-35-27)23-9-11-24(12-10-23)32(15-4-16-32)34-30(39)40/h1-3,5-6,9-12,20-21,25,34H,4,7-8,13-19H2,(H,39,40)(H,33,35,38)/t21-,25-. The number of aromatic nitrogens is 2. The van der Waals surface area contributed by atoms with Crippen molar-refractivity contribution in [1.29, 1.82) is 0 Å². The van der Waals surface area contributed by atoms with Gasteiger partial charge in [-0.25, -0.2) is 9.59 Å². The second-order valence-electron chi connectivity index (χ2n) is 11.5. The predicted molar refractivity (Wildman–Crippen MR) is 157 cm³/mol. The number of hydrogen-bond donors (Lipinski definition) is 3. The normalized spacial score (nSPS) is 21.2. The lowest BCUT2D eigenvalue weighted by molar-refractivity contribution is -0.117. The zero-order valence-electron chi connectivity index (χ0n) is 23.4. The highest BCUT2D eigenvalue weighted by atomic mass is 16.6. The number of carboxylic acid groups (broad SMARTS) is 1. The minimum Gasteiger partial charge on any atom is -0.465 e. The summed E-state index contributed by atoms with van der Waals surface area (Å²) < 4.78 is 5.08. The number of hydrogen-bond acceptors (Lipinski definition) is 6. The molecule has 10 heteroatoms. The quantitative estimate of drug-likeness (QED) is 0.312. The molecule has 2 aromatic carbocycles. The Morgan fingerprint density at radius 2 is 1.71 bits per heavy atom. The van der Waals surface area contributed by atoms with Gasteiger partial charge >= 0.3 is 12.2 Å². The van der Waals surface area contributed by atoms with Crippen LogP contribution in [-0.2, 0) is 15.1 Å². The monoisotopic (exact) mass is 569 g/mol. The van der Waals surface area contributed by atoms with E-state index in [0.717, 1.165) is 67.2 Å². The molecule has 2 saturated carbocycles. The minimum absolute atomic E-state index is 0.0961. The summed E-state index contributed by atoms with van der Waals surface area (Å²) in [6, 6.07) is 19.7. The van der Waals surface area contributed by atoms with Crippen molar-refractivity contribution in [1.82, 2.24) is 20.4 Å². The maximum atomic E-state index is 13.0. The van der Waals surface area contributed by atoms with Crippen LogP contribution in [0, 0.1) is 5.92 Å². The van der Waals surface area contributed by atoms with Crippen molar-refractivity contribution < 1.29 is 24.2 Å². The van der Waals surface area contributed by atoms with Gasteiger partial charge in [0.15, 0.2) is 5.82 Å². The molecule has 1 saturated heterocycles. The number of rotatable bonds is 8. The molecule has 3 aromatic rings. The van der Waals surface area contributed by atoms with E-state index in [1.165, 1.54) is 0 Å². The smallest absolute Gasteiger partial charge is 0.410 e. The van der Waals surface area contributed by atoms with Gasteiger partial charge in [-0.05, 0) is 68.1 Å². The maximum absolute atomic E-state index is 13.0. The highest BCUT2D eigenvalue weighted by Crippen LogP contribution is 2.42. The van der Waals surface area contributed by atoms with Gasteiger partial charge in [-0.15, -0.1) is 10.2 Å². The molecule has 42 heavy (non-hydrogen) atoms. The third kappa shape index (κ3) is 5.79. The van der Waals surface area contributed by atoms with E-state index < -0.39 is 11.6 Å². The highest BCUT2D eigenvalue weighted by molar-refractivity contribution is 5.91. The molecule has 0 bridgehead atoms. The van der Waals surface area contributed by atoms with Crippen LogP contribution in [0.3, 0.4) is 0 Å². The second kappa shape index (κ2) is 11.8. The van der Waals surface area contributed by atoms with Crippen molar-refractivity contribution in [3.8, 4) is 22.4 Å². The molecule has 2 aliphatic carbocycles. The summed E-state index contributed by atoms with van der Waals surface area (Å²) in [6.45, 7) is 1.11. The summed E-state index contributed by atoms with van der Waals surface area (Å²) in [5.41, 5.74) is 3.72. The van der Waals surface area contributed by atoms with Gasteiger partial charge in [0.05, 0.1) is 12.1 Å². The largest absolute Gasteiger partial charge is 0.465 e. The Labute approximate surface area is 244 Å². The van der Waals surface area contributed by atoms with Crippen LogP contribution >= 0.6 is 0 Å². The molecule has 10 nitrogen and oxygen atoms in total. The van der Waals surface area contributed by atoms with E-state index in [1.807, 2.05) is 65.6 Å². The Kier molecular flexibility index (Phi) is 7.78. The molecule has 0 atom stereocenters. The van der Waals surface area contributed by atoms with Crippen LogP contribution in [0.5, 0.6) is 0 Å². The van der Waals surface area contributed by atoms with Crippen molar-refractivity contribution in [2.24, 2.45) is 5.92 Å². The number of benzene rings is 2. The fourth-order valence-electron chi connectivity index (χ4n) is 6.53. The first-order chi connectivity index (χ1) is 20.4. The molecule has 1 aliphatic heterocycles. The summed E-state index contributed by atoms with van der Waals surface area (Å²) in [4.78, 5) is 38.1. The average Bonchev–Trinajstić information content (AvgIpc) is 3.41. The number of amides is 3. The first kappa shape index (κ1) is 27.7. The summed E-state index contributed by atoms with van der Waals surface area (Å²) in [6.07, 6.45) is 5.23. The Morgan fingerprint density at radius 1 is 0.976 bits per heavy atom. The van der Waals surface area contributed by atoms with Crippen LogP contribution < -0.4 is 10.6 Å². The zero-order valence-corrected chi connectivity index (χ0v) is 23.4. The van der Waals surface area contributed by atoms with Gasteiger partial charge in [0.2, 0.25) is 5.91 Å². The summed E-state index contributed by atoms with van der Waals surface area (Å²) in [7, 11) is 0. The van der Waals surface area contributed by atoms with E-state index in [1.54, 1.807) is 0 Å². The lowest BCUT2D eigenvalue weighted by Gasteiger charge is -2.42. The Bertz CT molecular complexity index is 1450. The van der Waals surface area contributed by atoms with Gasteiger partial charge in [0, 0.05) is 23.6 Å². The van der Waals surface area contributed by atoms with E-state index in [4.69, 9.17) is 4.74 Å². The fourth-order valence-corrected chi connectivity index (χ4v) is 6.53. The van der Waals surface area contributed by atoms with Crippen LogP contribution in [0.1, 0.15) is 56.9 Å². The maximum Gasteiger partial charge on any atom is 0.410 e. The van der Waals surface area contributed by atoms with Crippen LogP contribution in [0.15, 0.2) is 60.7 Å². The second-order valence-corrected chi connectivity index (χ2v) is 11.5. The Morgan fingerprint density at radius 3 is 2.33 bits per heavy atom. The van der Waals surface area contributed by atoms with Gasteiger partial charge in [-0.1, -0.05) is 54.6 Å². The first-order valence-electron chi connectivity index (χ1n) is 14.7. The molecule has 0 unspecified atom stereocenters. The van der Waals surface area contributed by atoms with Gasteiger partial charge in [-0.2, -0.15) is 0 Å². The number of nitrogens with zero attached hydrogens (tertiary/aromatic N) is 3. The summed E-state index contributed by atoms with van der Waals surface area (Å²) in [5, 5.41) is 23.9. The van der Waals surface area contributed by atoms with Crippen molar-refractivity contribution >= 4 is 23.9 Å². The van der Waals surface area contributed by atoms with Crippen LogP contribution in [0.2, 0.25) is 0 Å². The molecule has 3 N–H and O–H groups in total. The lowest BCUT2D eigenvalue weighted by atomic mass is 9.71. The van der Waals surface area contributed by atoms with Crippen LogP contribution in [0.4, 0.5) is 15.4 Å². The van der Waals surface area contributed by atoms with E-state index in [9.17, 15) is 19.5 Å². The highest BCUT2D eigenvalue weighted by Gasteiger charge is 2.40. The molecular formula is C32H35N5O5. The zero-order chi connectivity index (χ0) is 29.1. The number of carbonyl (C=O) groups is 3. The minimum atomic E-state index is -1.02. The average molecular weight is 570 g/mol. The van der Waals surface area contributed by atoms with Crippen LogP contribution in [-0.4, -0.2) is 57.5 Å². The molecule has 6 rings (SSSR count).